The van der Waals surface area contributed by atoms with Crippen LogP contribution in [0.4, 0.5) is 24.9 Å². The van der Waals surface area contributed by atoms with Crippen molar-refractivity contribution < 1.29 is 18.0 Å². The van der Waals surface area contributed by atoms with Gasteiger partial charge >= 0.3 is 6.18 Å². The number of fused-ring (bicyclic) bond motifs is 2. The number of alkyl halides is 3. The van der Waals surface area contributed by atoms with E-state index >= 15 is 0 Å². The van der Waals surface area contributed by atoms with Crippen LogP contribution in [-0.4, -0.2) is 57.2 Å². The van der Waals surface area contributed by atoms with Crippen LogP contribution in [0.5, 0.6) is 0 Å². The maximum absolute atomic E-state index is 13.2. The quantitative estimate of drug-likeness (QED) is 0.517. The second-order valence-electron chi connectivity index (χ2n) is 8.05. The van der Waals surface area contributed by atoms with Crippen LogP contribution in [0.3, 0.4) is 0 Å². The largest absolute Gasteiger partial charge is 0.451 e. The van der Waals surface area contributed by atoms with Gasteiger partial charge in [-0.05, 0) is 12.5 Å². The van der Waals surface area contributed by atoms with Crippen LogP contribution in [0.2, 0.25) is 0 Å². The van der Waals surface area contributed by atoms with Crippen LogP contribution in [0.1, 0.15) is 36.3 Å². The lowest BCUT2D eigenvalue weighted by molar-refractivity contribution is -0.147. The lowest BCUT2D eigenvalue weighted by atomic mass is 10.2. The Morgan fingerprint density at radius 3 is 2.73 bits per heavy atom. The van der Waals surface area contributed by atoms with Gasteiger partial charge in [-0.15, -0.1) is 21.5 Å². The van der Waals surface area contributed by atoms with E-state index in [0.29, 0.717) is 24.9 Å². The molecule has 0 aliphatic carbocycles. The van der Waals surface area contributed by atoms with Crippen LogP contribution in [0.25, 0.3) is 10.2 Å². The molecule has 9 nitrogen and oxygen atoms in total. The molecule has 2 aliphatic rings. The summed E-state index contributed by atoms with van der Waals surface area (Å²) < 4.78 is 40.9. The lowest BCUT2D eigenvalue weighted by Crippen LogP contribution is -2.36. The summed E-state index contributed by atoms with van der Waals surface area (Å²) in [5.74, 6) is 0.635. The Hall–Kier alpha value is -2.96. The summed E-state index contributed by atoms with van der Waals surface area (Å²) in [5, 5.41) is 12.2. The maximum Gasteiger partial charge on any atom is 0.451 e. The summed E-state index contributed by atoms with van der Waals surface area (Å²) >= 11 is 1.64. The number of hydrogen-bond acceptors (Lipinski definition) is 9. The van der Waals surface area contributed by atoms with E-state index in [1.165, 1.54) is 12.0 Å². The third kappa shape index (κ3) is 4.09. The van der Waals surface area contributed by atoms with Gasteiger partial charge in [-0.3, -0.25) is 0 Å². The third-order valence-electron chi connectivity index (χ3n) is 5.76. The van der Waals surface area contributed by atoms with Gasteiger partial charge in [-0.1, -0.05) is 18.5 Å². The Bertz CT molecular complexity index is 1200. The first-order chi connectivity index (χ1) is 15.9. The summed E-state index contributed by atoms with van der Waals surface area (Å²) in [6.07, 6.45) is -1.81. The van der Waals surface area contributed by atoms with Gasteiger partial charge < -0.3 is 19.2 Å². The topological polar surface area (TPSA) is 84.6 Å². The van der Waals surface area contributed by atoms with Gasteiger partial charge in [0.2, 0.25) is 11.8 Å². The Kier molecular flexibility index (Phi) is 5.59. The molecule has 3 aromatic rings. The molecule has 5 heterocycles. The number of hydrogen-bond donors (Lipinski definition) is 0. The molecule has 5 rings (SSSR count). The van der Waals surface area contributed by atoms with Crippen LogP contribution < -0.4 is 9.80 Å². The van der Waals surface area contributed by atoms with E-state index in [2.05, 4.69) is 28.3 Å². The molecular formula is C20H23F3N8OS. The fourth-order valence-corrected chi connectivity index (χ4v) is 5.38. The summed E-state index contributed by atoms with van der Waals surface area (Å²) in [5.41, 5.74) is 0.923. The zero-order valence-electron chi connectivity index (χ0n) is 18.3. The van der Waals surface area contributed by atoms with Crippen molar-refractivity contribution in [2.75, 3.05) is 36.5 Å². The first kappa shape index (κ1) is 21.9. The molecule has 3 aromatic heterocycles. The zero-order chi connectivity index (χ0) is 23.2. The van der Waals surface area contributed by atoms with Gasteiger partial charge in [0.25, 0.3) is 0 Å². The second kappa shape index (κ2) is 8.43. The Morgan fingerprint density at radius 1 is 1.12 bits per heavy atom. The van der Waals surface area contributed by atoms with Crippen molar-refractivity contribution >= 4 is 39.0 Å². The van der Waals surface area contributed by atoms with E-state index in [0.717, 1.165) is 46.3 Å². The highest BCUT2D eigenvalue weighted by molar-refractivity contribution is 7.18. The summed E-state index contributed by atoms with van der Waals surface area (Å²) in [4.78, 5) is 20.7. The molecular weight excluding hydrogens is 457 g/mol. The zero-order valence-corrected chi connectivity index (χ0v) is 19.1. The van der Waals surface area contributed by atoms with Gasteiger partial charge in [0, 0.05) is 30.9 Å². The molecule has 13 heteroatoms. The molecule has 0 saturated carbocycles. The van der Waals surface area contributed by atoms with Gasteiger partial charge in [-0.2, -0.15) is 18.2 Å². The lowest BCUT2D eigenvalue weighted by Gasteiger charge is -2.30. The number of oxime groups is 1. The molecule has 0 N–H and O–H groups in total. The van der Waals surface area contributed by atoms with Crippen molar-refractivity contribution in [2.24, 2.45) is 5.16 Å². The standard InChI is InChI=1S/C20H23F3N8OS/c1-3-4-13-9-14-16(29-7-8-31-15(11-29)26-27-18(31)20(21,22)23)24-19(25-17(14)33-13)30-6-5-12(10-30)28-32-2/h9H,3-8,10-11H2,1-2H3. The first-order valence-corrected chi connectivity index (χ1v) is 11.6. The number of halogens is 3. The van der Waals surface area contributed by atoms with E-state index < -0.39 is 12.0 Å². The number of thiophene rings is 1. The van der Waals surface area contributed by atoms with Gasteiger partial charge in [0.1, 0.15) is 17.8 Å². The average molecular weight is 481 g/mol. The minimum atomic E-state index is -4.53. The van der Waals surface area contributed by atoms with E-state index in [1.54, 1.807) is 11.3 Å². The second-order valence-corrected chi connectivity index (χ2v) is 9.17. The van der Waals surface area contributed by atoms with Crippen LogP contribution >= 0.6 is 11.3 Å². The molecule has 0 spiro atoms. The highest BCUT2D eigenvalue weighted by Gasteiger charge is 2.40. The highest BCUT2D eigenvalue weighted by atomic mass is 32.1. The molecule has 0 atom stereocenters. The van der Waals surface area contributed by atoms with Crippen molar-refractivity contribution in [3.05, 3.63) is 22.6 Å². The highest BCUT2D eigenvalue weighted by Crippen LogP contribution is 2.36. The van der Waals surface area contributed by atoms with Crippen LogP contribution in [0.15, 0.2) is 11.2 Å². The van der Waals surface area contributed by atoms with Gasteiger partial charge in [0.15, 0.2) is 5.82 Å². The van der Waals surface area contributed by atoms with Crippen molar-refractivity contribution in [3.63, 3.8) is 0 Å². The minimum Gasteiger partial charge on any atom is -0.399 e. The predicted octanol–water partition coefficient (Wildman–Crippen LogP) is 3.49. The summed E-state index contributed by atoms with van der Waals surface area (Å²) in [6, 6.07) is 2.10. The van der Waals surface area contributed by atoms with E-state index in [-0.39, 0.29) is 18.9 Å². The molecule has 0 bridgehead atoms. The summed E-state index contributed by atoms with van der Waals surface area (Å²) in [7, 11) is 1.52. The molecule has 176 valence electrons. The molecule has 33 heavy (non-hydrogen) atoms. The third-order valence-corrected chi connectivity index (χ3v) is 6.85. The predicted molar refractivity (Wildman–Crippen MR) is 119 cm³/mol. The van der Waals surface area contributed by atoms with Crippen LogP contribution in [-0.2, 0) is 30.5 Å². The fourth-order valence-electron chi connectivity index (χ4n) is 4.26. The minimum absolute atomic E-state index is 0.137. The van der Waals surface area contributed by atoms with Crippen molar-refractivity contribution in [1.82, 2.24) is 24.7 Å². The maximum atomic E-state index is 13.2. The van der Waals surface area contributed by atoms with E-state index in [9.17, 15) is 13.2 Å². The molecule has 0 unspecified atom stereocenters. The molecule has 0 radical (unpaired) electrons. The SMILES string of the molecule is CCCc1cc2c(N3CCn4c(nnc4C(F)(F)F)C3)nc(N3CCC(=NOC)C3)nc2s1. The molecule has 1 fully saturated rings. The number of nitrogens with zero attached hydrogens (tertiary/aromatic N) is 8. The molecule has 0 amide bonds. The number of rotatable bonds is 5. The van der Waals surface area contributed by atoms with Gasteiger partial charge in [-0.25, -0.2) is 4.98 Å². The number of aromatic nitrogens is 5. The monoisotopic (exact) mass is 480 g/mol. The van der Waals surface area contributed by atoms with Crippen LogP contribution in [0, 0.1) is 0 Å². The molecule has 0 aromatic carbocycles. The Morgan fingerprint density at radius 2 is 1.97 bits per heavy atom. The smallest absolute Gasteiger partial charge is 0.399 e. The number of aryl methyl sites for hydroxylation is 1. The molecule has 1 saturated heterocycles. The Balaban J connectivity index is 1.52. The van der Waals surface area contributed by atoms with Crippen molar-refractivity contribution in [1.29, 1.82) is 0 Å². The normalized spacial score (nSPS) is 17.9. The fraction of sp³-hybridized carbons (Fsp3) is 0.550. The average Bonchev–Trinajstić information content (AvgIpc) is 3.50. The number of anilines is 2. The first-order valence-electron chi connectivity index (χ1n) is 10.8. The van der Waals surface area contributed by atoms with E-state index in [4.69, 9.17) is 14.8 Å². The van der Waals surface area contributed by atoms with Gasteiger partial charge in [0.05, 0.1) is 24.2 Å². The van der Waals surface area contributed by atoms with Crippen molar-refractivity contribution in [3.8, 4) is 0 Å². The Labute approximate surface area is 191 Å². The summed E-state index contributed by atoms with van der Waals surface area (Å²) in [6.45, 7) is 4.13. The van der Waals surface area contributed by atoms with E-state index in [1.807, 2.05) is 9.80 Å². The van der Waals surface area contributed by atoms with Crippen molar-refractivity contribution in [2.45, 2.75) is 45.5 Å². The molecule has 2 aliphatic heterocycles.